The third kappa shape index (κ3) is 5.85. The van der Waals surface area contributed by atoms with Gasteiger partial charge in [-0.2, -0.15) is 0 Å². The van der Waals surface area contributed by atoms with Gasteiger partial charge in [-0.3, -0.25) is 14.5 Å². The van der Waals surface area contributed by atoms with E-state index >= 15 is 0 Å². The molecule has 8 heteroatoms. The maximum atomic E-state index is 12.7. The summed E-state index contributed by atoms with van der Waals surface area (Å²) >= 11 is 0. The van der Waals surface area contributed by atoms with Crippen LogP contribution in [0.2, 0.25) is 0 Å². The Labute approximate surface area is 182 Å². The second kappa shape index (κ2) is 9.51. The number of hydrogen-bond acceptors (Lipinski definition) is 5. The highest BCUT2D eigenvalue weighted by atomic mass is 16.6. The molecule has 1 aliphatic rings. The molecule has 1 aromatic heterocycles. The van der Waals surface area contributed by atoms with E-state index in [4.69, 9.17) is 4.74 Å². The van der Waals surface area contributed by atoms with Gasteiger partial charge in [0.15, 0.2) is 0 Å². The van der Waals surface area contributed by atoms with Gasteiger partial charge < -0.3 is 19.5 Å². The topological polar surface area (TPSA) is 83.9 Å². The molecule has 1 aliphatic heterocycles. The highest BCUT2D eigenvalue weighted by molar-refractivity contribution is 6.06. The molecule has 168 valence electrons. The number of para-hydroxylation sites is 1. The summed E-state index contributed by atoms with van der Waals surface area (Å²) in [5.41, 5.74) is 0.459. The number of pyridine rings is 1. The zero-order chi connectivity index (χ0) is 22.6. The number of aromatic nitrogens is 1. The standard InChI is InChI=1S/C23H32N4O4/c1-23(2,3)31-22(30)27-14-12-26(13-15-27)11-7-10-24-21(29)18-16-20(28)25(4)19-9-6-5-8-17(18)19/h5-6,8-9,16H,7,10-15H2,1-4H3,(H,24,29). The van der Waals surface area contributed by atoms with Crippen molar-refractivity contribution < 1.29 is 14.3 Å². The van der Waals surface area contributed by atoms with Crippen molar-refractivity contribution in [2.24, 2.45) is 7.05 Å². The minimum Gasteiger partial charge on any atom is -0.444 e. The highest BCUT2D eigenvalue weighted by Gasteiger charge is 2.25. The van der Waals surface area contributed by atoms with Crippen LogP contribution in [-0.4, -0.2) is 71.2 Å². The number of hydrogen-bond donors (Lipinski definition) is 1. The van der Waals surface area contributed by atoms with Crippen molar-refractivity contribution in [3.05, 3.63) is 46.2 Å². The average Bonchev–Trinajstić information content (AvgIpc) is 2.73. The number of nitrogens with one attached hydrogen (secondary N) is 1. The molecule has 0 spiro atoms. The molecule has 1 aromatic carbocycles. The summed E-state index contributed by atoms with van der Waals surface area (Å²) in [6.07, 6.45) is 0.529. The van der Waals surface area contributed by atoms with Gasteiger partial charge in [-0.25, -0.2) is 4.79 Å². The first-order chi connectivity index (χ1) is 14.7. The molecule has 2 aromatic rings. The smallest absolute Gasteiger partial charge is 0.410 e. The van der Waals surface area contributed by atoms with Crippen molar-refractivity contribution in [3.63, 3.8) is 0 Å². The largest absolute Gasteiger partial charge is 0.444 e. The number of fused-ring (bicyclic) bond motifs is 1. The molecule has 0 bridgehead atoms. The molecular weight excluding hydrogens is 396 g/mol. The molecule has 2 heterocycles. The summed E-state index contributed by atoms with van der Waals surface area (Å²) in [7, 11) is 1.70. The number of amides is 2. The third-order valence-corrected chi connectivity index (χ3v) is 5.36. The molecule has 8 nitrogen and oxygen atoms in total. The number of aryl methyl sites for hydroxylation is 1. The molecule has 0 unspecified atom stereocenters. The van der Waals surface area contributed by atoms with Gasteiger partial charge >= 0.3 is 6.09 Å². The van der Waals surface area contributed by atoms with E-state index in [1.807, 2.05) is 45.0 Å². The van der Waals surface area contributed by atoms with E-state index in [0.717, 1.165) is 37.0 Å². The third-order valence-electron chi connectivity index (χ3n) is 5.36. The number of piperazine rings is 1. The summed E-state index contributed by atoms with van der Waals surface area (Å²) < 4.78 is 6.97. The van der Waals surface area contributed by atoms with Gasteiger partial charge in [-0.05, 0) is 39.8 Å². The number of nitrogens with zero attached hydrogens (tertiary/aromatic N) is 3. The quantitative estimate of drug-likeness (QED) is 0.739. The second-order valence-corrected chi connectivity index (χ2v) is 8.89. The average molecular weight is 429 g/mol. The fraction of sp³-hybridized carbons (Fsp3) is 0.522. The zero-order valence-electron chi connectivity index (χ0n) is 18.8. The van der Waals surface area contributed by atoms with Crippen LogP contribution in [0.5, 0.6) is 0 Å². The molecule has 1 N–H and O–H groups in total. The number of ether oxygens (including phenoxy) is 1. The number of benzene rings is 1. The summed E-state index contributed by atoms with van der Waals surface area (Å²) in [6, 6.07) is 8.80. The number of carbonyl (C=O) groups excluding carboxylic acids is 2. The van der Waals surface area contributed by atoms with Crippen LogP contribution in [0.4, 0.5) is 4.79 Å². The highest BCUT2D eigenvalue weighted by Crippen LogP contribution is 2.16. The van der Waals surface area contributed by atoms with E-state index in [1.165, 1.54) is 6.07 Å². The van der Waals surface area contributed by atoms with Crippen molar-refractivity contribution in [1.82, 2.24) is 19.7 Å². The van der Waals surface area contributed by atoms with Gasteiger partial charge in [-0.15, -0.1) is 0 Å². The first kappa shape index (κ1) is 22.8. The van der Waals surface area contributed by atoms with Gasteiger partial charge in [0.05, 0.1) is 11.1 Å². The van der Waals surface area contributed by atoms with Crippen LogP contribution in [-0.2, 0) is 11.8 Å². The predicted molar refractivity (Wildman–Crippen MR) is 120 cm³/mol. The fourth-order valence-corrected chi connectivity index (χ4v) is 3.68. The van der Waals surface area contributed by atoms with Crippen molar-refractivity contribution in [3.8, 4) is 0 Å². The first-order valence-electron chi connectivity index (χ1n) is 10.7. The van der Waals surface area contributed by atoms with E-state index in [2.05, 4.69) is 10.2 Å². The Morgan fingerprint density at radius 2 is 1.77 bits per heavy atom. The maximum Gasteiger partial charge on any atom is 0.410 e. The fourth-order valence-electron chi connectivity index (χ4n) is 3.68. The lowest BCUT2D eigenvalue weighted by atomic mass is 10.1. The Kier molecular flexibility index (Phi) is 7.00. The molecule has 0 atom stereocenters. The van der Waals surface area contributed by atoms with E-state index in [0.29, 0.717) is 25.2 Å². The Morgan fingerprint density at radius 3 is 2.45 bits per heavy atom. The Balaban J connectivity index is 1.46. The molecule has 3 rings (SSSR count). The van der Waals surface area contributed by atoms with Crippen LogP contribution in [0.1, 0.15) is 37.6 Å². The van der Waals surface area contributed by atoms with E-state index in [9.17, 15) is 14.4 Å². The molecule has 0 radical (unpaired) electrons. The van der Waals surface area contributed by atoms with Crippen LogP contribution >= 0.6 is 0 Å². The van der Waals surface area contributed by atoms with Crippen LogP contribution in [0.25, 0.3) is 10.9 Å². The van der Waals surface area contributed by atoms with Gasteiger partial charge in [-0.1, -0.05) is 18.2 Å². The van der Waals surface area contributed by atoms with Crippen LogP contribution in [0.15, 0.2) is 35.1 Å². The summed E-state index contributed by atoms with van der Waals surface area (Å²) in [4.78, 5) is 41.0. The normalized spacial score (nSPS) is 15.2. The van der Waals surface area contributed by atoms with Crippen molar-refractivity contribution in [2.75, 3.05) is 39.3 Å². The molecule has 0 aliphatic carbocycles. The Bertz CT molecular complexity index is 1000. The van der Waals surface area contributed by atoms with Crippen LogP contribution in [0, 0.1) is 0 Å². The molecule has 1 saturated heterocycles. The minimum absolute atomic E-state index is 0.202. The molecule has 1 fully saturated rings. The van der Waals surface area contributed by atoms with Crippen molar-refractivity contribution in [2.45, 2.75) is 32.8 Å². The number of carbonyl (C=O) groups is 2. The lowest BCUT2D eigenvalue weighted by Crippen LogP contribution is -2.50. The molecule has 0 saturated carbocycles. The lowest BCUT2D eigenvalue weighted by molar-refractivity contribution is 0.0144. The monoisotopic (exact) mass is 428 g/mol. The second-order valence-electron chi connectivity index (χ2n) is 8.89. The summed E-state index contributed by atoms with van der Waals surface area (Å²) in [5, 5.41) is 3.70. The van der Waals surface area contributed by atoms with Gasteiger partial charge in [0.1, 0.15) is 5.60 Å². The maximum absolute atomic E-state index is 12.7. The van der Waals surface area contributed by atoms with Crippen LogP contribution < -0.4 is 10.9 Å². The van der Waals surface area contributed by atoms with Gasteiger partial charge in [0, 0.05) is 51.2 Å². The van der Waals surface area contributed by atoms with Crippen LogP contribution in [0.3, 0.4) is 0 Å². The van der Waals surface area contributed by atoms with E-state index in [1.54, 1.807) is 16.5 Å². The summed E-state index contributed by atoms with van der Waals surface area (Å²) in [5.74, 6) is -0.233. The summed E-state index contributed by atoms with van der Waals surface area (Å²) in [6.45, 7) is 9.80. The SMILES string of the molecule is Cn1c(=O)cc(C(=O)NCCCN2CCN(C(=O)OC(C)(C)C)CC2)c2ccccc21. The minimum atomic E-state index is -0.485. The Morgan fingerprint density at radius 1 is 1.10 bits per heavy atom. The van der Waals surface area contributed by atoms with Gasteiger partial charge in [0.25, 0.3) is 11.5 Å². The molecular formula is C23H32N4O4. The van der Waals surface area contributed by atoms with Gasteiger partial charge in [0.2, 0.25) is 0 Å². The molecule has 2 amide bonds. The first-order valence-corrected chi connectivity index (χ1v) is 10.7. The molecule has 31 heavy (non-hydrogen) atoms. The predicted octanol–water partition coefficient (Wildman–Crippen LogP) is 2.21. The number of rotatable bonds is 5. The van der Waals surface area contributed by atoms with Crippen molar-refractivity contribution >= 4 is 22.9 Å². The van der Waals surface area contributed by atoms with Crippen molar-refractivity contribution in [1.29, 1.82) is 0 Å². The Hall–Kier alpha value is -2.87. The van der Waals surface area contributed by atoms with E-state index in [-0.39, 0.29) is 17.6 Å². The van der Waals surface area contributed by atoms with E-state index < -0.39 is 5.60 Å². The lowest BCUT2D eigenvalue weighted by Gasteiger charge is -2.35. The zero-order valence-corrected chi connectivity index (χ0v) is 18.8.